The highest BCUT2D eigenvalue weighted by Crippen LogP contribution is 2.28. The van der Waals surface area contributed by atoms with Crippen LogP contribution in [-0.4, -0.2) is 41.1 Å². The van der Waals surface area contributed by atoms with E-state index in [1.165, 1.54) is 23.5 Å². The lowest BCUT2D eigenvalue weighted by molar-refractivity contribution is 0.103. The van der Waals surface area contributed by atoms with Crippen molar-refractivity contribution < 1.29 is 13.2 Å². The van der Waals surface area contributed by atoms with Crippen molar-refractivity contribution >= 4 is 33.2 Å². The molecule has 2 heterocycles. The number of ketones is 1. The number of nitrogens with one attached hydrogen (secondary N) is 1. The smallest absolute Gasteiger partial charge is 0.329 e. The van der Waals surface area contributed by atoms with Gasteiger partial charge in [-0.05, 0) is 31.0 Å². The first kappa shape index (κ1) is 19.3. The van der Waals surface area contributed by atoms with Crippen LogP contribution in [0.3, 0.4) is 0 Å². The molecule has 11 heteroatoms. The zero-order valence-electron chi connectivity index (χ0n) is 14.4. The number of nitrogen functional groups attached to an aromatic ring is 1. The maximum absolute atomic E-state index is 12.8. The minimum absolute atomic E-state index is 0.0270. The van der Waals surface area contributed by atoms with Crippen molar-refractivity contribution in [2.45, 2.75) is 17.7 Å². The Morgan fingerprint density at radius 3 is 2.48 bits per heavy atom. The Bertz CT molecular complexity index is 1150. The molecule has 2 aromatic rings. The minimum atomic E-state index is -3.87. The fourth-order valence-corrected chi connectivity index (χ4v) is 4.93. The Balaban J connectivity index is 2.12. The summed E-state index contributed by atoms with van der Waals surface area (Å²) in [5, 5.41) is -0.0270. The van der Waals surface area contributed by atoms with Gasteiger partial charge in [0.25, 0.3) is 5.56 Å². The predicted molar refractivity (Wildman–Crippen MR) is 99.6 cm³/mol. The molecule has 0 bridgehead atoms. The Labute approximate surface area is 159 Å². The predicted octanol–water partition coefficient (Wildman–Crippen LogP) is 0.325. The molecule has 1 aromatic heterocycles. The number of aromatic nitrogens is 2. The highest BCUT2D eigenvalue weighted by atomic mass is 35.5. The summed E-state index contributed by atoms with van der Waals surface area (Å²) in [6, 6.07) is 3.71. The standard InChI is InChI=1S/C16H17ClN4O5S/c1-20-14(18)12(15(23)19-16(20)24)13(22)9-4-5-10(17)11(8-9)27(25,26)21-6-2-3-7-21/h4-5,8H,2-3,6-7,18H2,1H3,(H,19,23,24). The molecule has 0 saturated carbocycles. The van der Waals surface area contributed by atoms with E-state index in [-0.39, 0.29) is 21.3 Å². The molecule has 9 nitrogen and oxygen atoms in total. The van der Waals surface area contributed by atoms with Crippen LogP contribution in [0.2, 0.25) is 5.02 Å². The maximum Gasteiger partial charge on any atom is 0.329 e. The average molecular weight is 413 g/mol. The van der Waals surface area contributed by atoms with Crippen molar-refractivity contribution in [1.82, 2.24) is 13.9 Å². The summed E-state index contributed by atoms with van der Waals surface area (Å²) in [6.45, 7) is 0.758. The topological polar surface area (TPSA) is 135 Å². The number of rotatable bonds is 4. The summed E-state index contributed by atoms with van der Waals surface area (Å²) in [7, 11) is -2.56. The third-order valence-corrected chi connectivity index (χ3v) is 6.85. The zero-order chi connectivity index (χ0) is 19.9. The van der Waals surface area contributed by atoms with Crippen LogP contribution in [-0.2, 0) is 17.1 Å². The zero-order valence-corrected chi connectivity index (χ0v) is 15.9. The van der Waals surface area contributed by atoms with Crippen LogP contribution < -0.4 is 17.0 Å². The molecular formula is C16H17ClN4O5S. The van der Waals surface area contributed by atoms with Crippen molar-refractivity contribution in [3.8, 4) is 0 Å². The normalized spacial score (nSPS) is 15.2. The number of H-pyrrole nitrogens is 1. The molecule has 1 aliphatic rings. The van der Waals surface area contributed by atoms with Crippen LogP contribution in [0, 0.1) is 0 Å². The molecule has 3 rings (SSSR count). The van der Waals surface area contributed by atoms with Crippen molar-refractivity contribution in [3.05, 3.63) is 55.2 Å². The van der Waals surface area contributed by atoms with E-state index in [4.69, 9.17) is 17.3 Å². The molecule has 1 fully saturated rings. The van der Waals surface area contributed by atoms with Gasteiger partial charge in [-0.15, -0.1) is 0 Å². The number of nitrogens with zero attached hydrogens (tertiary/aromatic N) is 2. The van der Waals surface area contributed by atoms with Crippen LogP contribution in [0.15, 0.2) is 32.7 Å². The largest absolute Gasteiger partial charge is 0.384 e. The highest BCUT2D eigenvalue weighted by molar-refractivity contribution is 7.89. The Kier molecular flexibility index (Phi) is 4.98. The lowest BCUT2D eigenvalue weighted by Crippen LogP contribution is -2.35. The van der Waals surface area contributed by atoms with Gasteiger partial charge in [0.05, 0.1) is 5.02 Å². The minimum Gasteiger partial charge on any atom is -0.384 e. The number of sulfonamides is 1. The van der Waals surface area contributed by atoms with Crippen LogP contribution in [0.5, 0.6) is 0 Å². The van der Waals surface area contributed by atoms with E-state index in [0.29, 0.717) is 13.1 Å². The van der Waals surface area contributed by atoms with Crippen LogP contribution in [0.25, 0.3) is 0 Å². The SMILES string of the molecule is Cn1c(N)c(C(=O)c2ccc(Cl)c(S(=O)(=O)N3CCCC3)c2)c(=O)[nH]c1=O. The van der Waals surface area contributed by atoms with Crippen LogP contribution >= 0.6 is 11.6 Å². The lowest BCUT2D eigenvalue weighted by Gasteiger charge is -2.17. The number of benzene rings is 1. The molecule has 0 atom stereocenters. The lowest BCUT2D eigenvalue weighted by atomic mass is 10.1. The summed E-state index contributed by atoms with van der Waals surface area (Å²) in [6.07, 6.45) is 1.50. The molecule has 3 N–H and O–H groups in total. The molecule has 0 amide bonds. The van der Waals surface area contributed by atoms with Crippen molar-refractivity contribution in [2.75, 3.05) is 18.8 Å². The van der Waals surface area contributed by atoms with Gasteiger partial charge in [0, 0.05) is 25.7 Å². The van der Waals surface area contributed by atoms with E-state index in [1.54, 1.807) is 0 Å². The Morgan fingerprint density at radius 1 is 1.22 bits per heavy atom. The van der Waals surface area contributed by atoms with E-state index in [1.807, 2.05) is 4.98 Å². The van der Waals surface area contributed by atoms with Gasteiger partial charge in [-0.25, -0.2) is 13.2 Å². The first-order chi connectivity index (χ1) is 12.6. The third kappa shape index (κ3) is 3.31. The molecule has 144 valence electrons. The summed E-state index contributed by atoms with van der Waals surface area (Å²) in [5.74, 6) is -1.12. The van der Waals surface area contributed by atoms with E-state index >= 15 is 0 Å². The Morgan fingerprint density at radius 2 is 1.85 bits per heavy atom. The molecule has 1 aliphatic heterocycles. The van der Waals surface area contributed by atoms with Crippen molar-refractivity contribution in [1.29, 1.82) is 0 Å². The average Bonchev–Trinajstić information content (AvgIpc) is 3.15. The van der Waals surface area contributed by atoms with Gasteiger partial charge in [0.2, 0.25) is 15.8 Å². The van der Waals surface area contributed by atoms with Gasteiger partial charge >= 0.3 is 5.69 Å². The van der Waals surface area contributed by atoms with Crippen molar-refractivity contribution in [3.63, 3.8) is 0 Å². The van der Waals surface area contributed by atoms with E-state index in [9.17, 15) is 22.8 Å². The fraction of sp³-hybridized carbons (Fsp3) is 0.312. The van der Waals surface area contributed by atoms with Gasteiger partial charge < -0.3 is 5.73 Å². The summed E-state index contributed by atoms with van der Waals surface area (Å²) in [5.41, 5.74) is 3.52. The van der Waals surface area contributed by atoms with E-state index in [0.717, 1.165) is 23.5 Å². The summed E-state index contributed by atoms with van der Waals surface area (Å²) in [4.78, 5) is 38.2. The van der Waals surface area contributed by atoms with Gasteiger partial charge in [-0.2, -0.15) is 4.31 Å². The number of halogens is 1. The molecule has 0 aliphatic carbocycles. The van der Waals surface area contributed by atoms with Gasteiger partial charge in [-0.1, -0.05) is 11.6 Å². The van der Waals surface area contributed by atoms with E-state index in [2.05, 4.69) is 0 Å². The number of hydrogen-bond acceptors (Lipinski definition) is 6. The second-order valence-electron chi connectivity index (χ2n) is 6.16. The molecule has 1 saturated heterocycles. The fourth-order valence-electron chi connectivity index (χ4n) is 2.91. The summed E-state index contributed by atoms with van der Waals surface area (Å²) >= 11 is 6.06. The Hall–Kier alpha value is -2.43. The van der Waals surface area contributed by atoms with Gasteiger partial charge in [0.15, 0.2) is 0 Å². The third-order valence-electron chi connectivity index (χ3n) is 4.47. The molecule has 1 aromatic carbocycles. The summed E-state index contributed by atoms with van der Waals surface area (Å²) < 4.78 is 27.8. The number of nitrogens with two attached hydrogens (primary N) is 1. The first-order valence-electron chi connectivity index (χ1n) is 8.07. The van der Waals surface area contributed by atoms with Crippen molar-refractivity contribution in [2.24, 2.45) is 7.05 Å². The number of carbonyl (C=O) groups is 1. The van der Waals surface area contributed by atoms with Gasteiger partial charge in [-0.3, -0.25) is 19.1 Å². The molecule has 0 radical (unpaired) electrons. The highest BCUT2D eigenvalue weighted by Gasteiger charge is 2.30. The molecular weight excluding hydrogens is 396 g/mol. The molecule has 0 spiro atoms. The first-order valence-corrected chi connectivity index (χ1v) is 9.89. The number of anilines is 1. The number of hydrogen-bond donors (Lipinski definition) is 2. The monoisotopic (exact) mass is 412 g/mol. The second-order valence-corrected chi connectivity index (χ2v) is 8.48. The quantitative estimate of drug-likeness (QED) is 0.694. The van der Waals surface area contributed by atoms with Crippen LogP contribution in [0.4, 0.5) is 5.82 Å². The second kappa shape index (κ2) is 6.95. The van der Waals surface area contributed by atoms with Gasteiger partial charge in [0.1, 0.15) is 16.3 Å². The number of carbonyl (C=O) groups excluding carboxylic acids is 1. The molecule has 0 unspecified atom stereocenters. The maximum atomic E-state index is 12.8. The van der Waals surface area contributed by atoms with E-state index < -0.39 is 32.6 Å². The van der Waals surface area contributed by atoms with Crippen LogP contribution in [0.1, 0.15) is 28.8 Å². The molecule has 27 heavy (non-hydrogen) atoms. The number of aromatic amines is 1.